The minimum Gasteiger partial charge on any atom is -0.497 e. The number of benzene rings is 2. The average molecular weight is 335 g/mol. The maximum absolute atomic E-state index is 12.1. The van der Waals surface area contributed by atoms with E-state index in [-0.39, 0.29) is 12.5 Å². The topological polar surface area (TPSA) is 59.6 Å². The molecule has 0 saturated heterocycles. The molecule has 0 bridgehead atoms. The Morgan fingerprint density at radius 3 is 2.61 bits per heavy atom. The van der Waals surface area contributed by atoms with Crippen LogP contribution >= 0.6 is 11.6 Å². The highest BCUT2D eigenvalue weighted by molar-refractivity contribution is 6.31. The van der Waals surface area contributed by atoms with Crippen molar-refractivity contribution >= 4 is 28.9 Å². The van der Waals surface area contributed by atoms with Gasteiger partial charge in [-0.05, 0) is 36.8 Å². The van der Waals surface area contributed by atoms with E-state index in [0.29, 0.717) is 27.9 Å². The van der Waals surface area contributed by atoms with Crippen LogP contribution in [0.3, 0.4) is 0 Å². The zero-order valence-corrected chi connectivity index (χ0v) is 14.0. The predicted molar refractivity (Wildman–Crippen MR) is 92.9 cm³/mol. The van der Waals surface area contributed by atoms with Crippen molar-refractivity contribution in [1.82, 2.24) is 0 Å². The molecule has 0 unspecified atom stereocenters. The second-order valence-electron chi connectivity index (χ2n) is 4.88. The van der Waals surface area contributed by atoms with Crippen molar-refractivity contribution in [2.24, 2.45) is 0 Å². The first-order chi connectivity index (χ1) is 11.0. The maximum atomic E-state index is 12.1. The smallest absolute Gasteiger partial charge is 0.243 e. The van der Waals surface area contributed by atoms with Crippen molar-refractivity contribution in [2.75, 3.05) is 31.4 Å². The van der Waals surface area contributed by atoms with Gasteiger partial charge in [-0.1, -0.05) is 17.7 Å². The Kier molecular flexibility index (Phi) is 5.71. The molecule has 0 saturated carbocycles. The van der Waals surface area contributed by atoms with Gasteiger partial charge >= 0.3 is 0 Å². The summed E-state index contributed by atoms with van der Waals surface area (Å²) >= 11 is 6.05. The highest BCUT2D eigenvalue weighted by atomic mass is 35.5. The minimum atomic E-state index is -0.180. The molecule has 0 fully saturated rings. The van der Waals surface area contributed by atoms with Crippen LogP contribution in [0.1, 0.15) is 5.56 Å². The lowest BCUT2D eigenvalue weighted by Gasteiger charge is -2.13. The number of nitrogens with one attached hydrogen (secondary N) is 2. The van der Waals surface area contributed by atoms with Gasteiger partial charge in [0, 0.05) is 16.8 Å². The van der Waals surface area contributed by atoms with Crippen LogP contribution in [0.4, 0.5) is 11.4 Å². The SMILES string of the molecule is COc1ccc(OC)c(NCC(=O)Nc2cccc(Cl)c2C)c1. The molecule has 6 heteroatoms. The lowest BCUT2D eigenvalue weighted by Crippen LogP contribution is -2.22. The molecule has 23 heavy (non-hydrogen) atoms. The molecule has 2 aromatic rings. The fourth-order valence-electron chi connectivity index (χ4n) is 2.07. The summed E-state index contributed by atoms with van der Waals surface area (Å²) in [6, 6.07) is 10.7. The normalized spacial score (nSPS) is 10.1. The number of hydrogen-bond acceptors (Lipinski definition) is 4. The Balaban J connectivity index is 2.03. The predicted octanol–water partition coefficient (Wildman–Crippen LogP) is 3.72. The van der Waals surface area contributed by atoms with Crippen LogP contribution in [-0.4, -0.2) is 26.7 Å². The van der Waals surface area contributed by atoms with Crippen molar-refractivity contribution in [3.8, 4) is 11.5 Å². The van der Waals surface area contributed by atoms with Crippen LogP contribution in [0.2, 0.25) is 5.02 Å². The number of ether oxygens (including phenoxy) is 2. The average Bonchev–Trinajstić information content (AvgIpc) is 2.56. The number of rotatable bonds is 6. The maximum Gasteiger partial charge on any atom is 0.243 e. The largest absolute Gasteiger partial charge is 0.497 e. The van der Waals surface area contributed by atoms with Crippen LogP contribution in [0.25, 0.3) is 0 Å². The summed E-state index contributed by atoms with van der Waals surface area (Å²) in [6.07, 6.45) is 0. The number of halogens is 1. The number of carbonyl (C=O) groups is 1. The molecular formula is C17H19ClN2O3. The zero-order valence-electron chi connectivity index (χ0n) is 13.3. The monoisotopic (exact) mass is 334 g/mol. The van der Waals surface area contributed by atoms with Crippen LogP contribution in [-0.2, 0) is 4.79 Å². The van der Waals surface area contributed by atoms with E-state index in [1.54, 1.807) is 44.6 Å². The first kappa shape index (κ1) is 17.0. The van der Waals surface area contributed by atoms with Gasteiger partial charge in [-0.3, -0.25) is 4.79 Å². The molecule has 0 atom stereocenters. The molecule has 2 N–H and O–H groups in total. The molecule has 0 heterocycles. The van der Waals surface area contributed by atoms with E-state index in [1.807, 2.05) is 13.0 Å². The van der Waals surface area contributed by atoms with Crippen molar-refractivity contribution in [3.05, 3.63) is 47.0 Å². The van der Waals surface area contributed by atoms with Crippen LogP contribution in [0.15, 0.2) is 36.4 Å². The van der Waals surface area contributed by atoms with Crippen molar-refractivity contribution in [3.63, 3.8) is 0 Å². The highest BCUT2D eigenvalue weighted by Gasteiger charge is 2.09. The van der Waals surface area contributed by atoms with Crippen molar-refractivity contribution in [2.45, 2.75) is 6.92 Å². The Bertz CT molecular complexity index is 704. The summed E-state index contributed by atoms with van der Waals surface area (Å²) in [7, 11) is 3.16. The van der Waals surface area contributed by atoms with E-state index < -0.39 is 0 Å². The summed E-state index contributed by atoms with van der Waals surface area (Å²) in [6.45, 7) is 1.95. The zero-order chi connectivity index (χ0) is 16.8. The molecule has 0 aromatic heterocycles. The fourth-order valence-corrected chi connectivity index (χ4v) is 2.24. The third-order valence-electron chi connectivity index (χ3n) is 3.39. The molecule has 2 rings (SSSR count). The molecule has 1 amide bonds. The third kappa shape index (κ3) is 4.29. The molecule has 0 spiro atoms. The van der Waals surface area contributed by atoms with E-state index >= 15 is 0 Å². The first-order valence-corrected chi connectivity index (χ1v) is 7.43. The van der Waals surface area contributed by atoms with E-state index in [0.717, 1.165) is 5.56 Å². The van der Waals surface area contributed by atoms with Gasteiger partial charge < -0.3 is 20.1 Å². The number of amides is 1. The van der Waals surface area contributed by atoms with Crippen LogP contribution in [0.5, 0.6) is 11.5 Å². The second kappa shape index (κ2) is 7.74. The molecule has 0 aliphatic carbocycles. The van der Waals surface area contributed by atoms with E-state index in [4.69, 9.17) is 21.1 Å². The molecule has 0 aliphatic rings. The lowest BCUT2D eigenvalue weighted by molar-refractivity contribution is -0.114. The third-order valence-corrected chi connectivity index (χ3v) is 3.80. The number of anilines is 2. The minimum absolute atomic E-state index is 0.0927. The van der Waals surface area contributed by atoms with Gasteiger partial charge in [-0.15, -0.1) is 0 Å². The van der Waals surface area contributed by atoms with E-state index in [2.05, 4.69) is 10.6 Å². The summed E-state index contributed by atoms with van der Waals surface area (Å²) in [5.74, 6) is 1.14. The van der Waals surface area contributed by atoms with Crippen LogP contribution < -0.4 is 20.1 Å². The Hall–Kier alpha value is -2.40. The second-order valence-corrected chi connectivity index (χ2v) is 5.29. The molecule has 122 valence electrons. The standard InChI is InChI=1S/C17H19ClN2O3/c1-11-13(18)5-4-6-14(11)20-17(21)10-19-15-9-12(22-2)7-8-16(15)23-3/h4-9,19H,10H2,1-3H3,(H,20,21). The first-order valence-electron chi connectivity index (χ1n) is 7.06. The summed E-state index contributed by atoms with van der Waals surface area (Å²) in [5, 5.41) is 6.49. The van der Waals surface area contributed by atoms with Gasteiger partial charge in [0.15, 0.2) is 0 Å². The molecular weight excluding hydrogens is 316 g/mol. The van der Waals surface area contributed by atoms with E-state index in [9.17, 15) is 4.79 Å². The lowest BCUT2D eigenvalue weighted by atomic mass is 10.2. The van der Waals surface area contributed by atoms with Crippen molar-refractivity contribution < 1.29 is 14.3 Å². The summed E-state index contributed by atoms with van der Waals surface area (Å²) < 4.78 is 10.4. The highest BCUT2D eigenvalue weighted by Crippen LogP contribution is 2.28. The number of hydrogen-bond donors (Lipinski definition) is 2. The van der Waals surface area contributed by atoms with Crippen LogP contribution in [0, 0.1) is 6.92 Å². The Morgan fingerprint density at radius 2 is 1.91 bits per heavy atom. The molecule has 0 aliphatic heterocycles. The van der Waals surface area contributed by atoms with Gasteiger partial charge in [0.1, 0.15) is 11.5 Å². The quantitative estimate of drug-likeness (QED) is 0.845. The fraction of sp³-hybridized carbons (Fsp3) is 0.235. The molecule has 2 aromatic carbocycles. The van der Waals surface area contributed by atoms with Gasteiger partial charge in [-0.2, -0.15) is 0 Å². The molecule has 0 radical (unpaired) electrons. The Labute approximate surface area is 140 Å². The number of methoxy groups -OCH3 is 2. The van der Waals surface area contributed by atoms with Gasteiger partial charge in [0.25, 0.3) is 0 Å². The number of carbonyl (C=O) groups excluding carboxylic acids is 1. The van der Waals surface area contributed by atoms with Crippen molar-refractivity contribution in [1.29, 1.82) is 0 Å². The van der Waals surface area contributed by atoms with Gasteiger partial charge in [-0.25, -0.2) is 0 Å². The summed E-state index contributed by atoms with van der Waals surface area (Å²) in [4.78, 5) is 12.1. The molecule has 5 nitrogen and oxygen atoms in total. The Morgan fingerprint density at radius 1 is 1.13 bits per heavy atom. The van der Waals surface area contributed by atoms with Gasteiger partial charge in [0.05, 0.1) is 26.5 Å². The van der Waals surface area contributed by atoms with E-state index in [1.165, 1.54) is 0 Å². The summed E-state index contributed by atoms with van der Waals surface area (Å²) in [5.41, 5.74) is 2.22. The van der Waals surface area contributed by atoms with Gasteiger partial charge in [0.2, 0.25) is 5.91 Å².